The molecule has 29 heavy (non-hydrogen) atoms. The molecule has 0 saturated heterocycles. The zero-order valence-corrected chi connectivity index (χ0v) is 15.9. The number of Topliss-reactive ketones (excluding diaryl/α,β-unsaturated/α-hetero) is 1. The molecule has 10 heteroatoms. The third kappa shape index (κ3) is 5.73. The highest BCUT2D eigenvalue weighted by Crippen LogP contribution is 2.41. The highest BCUT2D eigenvalue weighted by molar-refractivity contribution is 6.34. The molecule has 0 radical (unpaired) electrons. The monoisotopic (exact) mass is 458 g/mol. The Labute approximate surface area is 170 Å². The van der Waals surface area contributed by atoms with E-state index in [2.05, 4.69) is 0 Å². The Hall–Kier alpha value is -2.06. The third-order valence-corrected chi connectivity index (χ3v) is 4.33. The average molecular weight is 459 g/mol. The minimum absolute atomic E-state index is 0.124. The van der Waals surface area contributed by atoms with E-state index >= 15 is 0 Å². The number of benzene rings is 2. The van der Waals surface area contributed by atoms with Gasteiger partial charge in [0.15, 0.2) is 5.78 Å². The number of carbonyl (C=O) groups excluding carboxylic acids is 1. The average Bonchev–Trinajstić information content (AvgIpc) is 2.56. The molecule has 2 aromatic rings. The van der Waals surface area contributed by atoms with E-state index in [4.69, 9.17) is 23.2 Å². The molecule has 156 valence electrons. The summed E-state index contributed by atoms with van der Waals surface area (Å²) in [6, 6.07) is 4.84. The van der Waals surface area contributed by atoms with Crippen molar-refractivity contribution in [2.24, 2.45) is 0 Å². The number of halogens is 9. The number of carbonyl (C=O) groups is 1. The van der Waals surface area contributed by atoms with Crippen LogP contribution in [0.25, 0.3) is 5.83 Å². The lowest BCUT2D eigenvalue weighted by molar-refractivity contribution is -0.140. The minimum Gasteiger partial charge on any atom is -0.294 e. The molecule has 1 atom stereocenters. The van der Waals surface area contributed by atoms with Gasteiger partial charge in [-0.3, -0.25) is 4.79 Å². The molecule has 1 unspecified atom stereocenters. The van der Waals surface area contributed by atoms with Crippen LogP contribution in [-0.2, 0) is 6.18 Å². The van der Waals surface area contributed by atoms with Gasteiger partial charge in [-0.05, 0) is 42.8 Å². The van der Waals surface area contributed by atoms with Crippen LogP contribution in [0.1, 0.15) is 39.9 Å². The first kappa shape index (κ1) is 23.2. The number of allylic oxidation sites excluding steroid dienone is 1. The molecule has 0 fully saturated rings. The van der Waals surface area contributed by atoms with Crippen LogP contribution in [-0.4, -0.2) is 12.0 Å². The number of hydrogen-bond donors (Lipinski definition) is 0. The van der Waals surface area contributed by atoms with E-state index in [9.17, 15) is 35.5 Å². The van der Waals surface area contributed by atoms with Crippen molar-refractivity contribution >= 4 is 34.8 Å². The highest BCUT2D eigenvalue weighted by atomic mass is 35.5. The van der Waals surface area contributed by atoms with Gasteiger partial charge in [-0.25, -0.2) is 4.39 Å². The molecule has 0 aromatic heterocycles. The van der Waals surface area contributed by atoms with Crippen molar-refractivity contribution in [1.29, 1.82) is 0 Å². The maximum atomic E-state index is 14.5. The summed E-state index contributed by atoms with van der Waals surface area (Å²) in [5.41, 5.74) is -3.41. The smallest absolute Gasteiger partial charge is 0.294 e. The summed E-state index contributed by atoms with van der Waals surface area (Å²) in [6.45, 7) is 0.888. The van der Waals surface area contributed by atoms with E-state index in [0.717, 1.165) is 25.1 Å². The summed E-state index contributed by atoms with van der Waals surface area (Å²) in [6.07, 6.45) is -9.84. The van der Waals surface area contributed by atoms with Crippen molar-refractivity contribution in [3.63, 3.8) is 0 Å². The zero-order chi connectivity index (χ0) is 22.1. The predicted octanol–water partition coefficient (Wildman–Crippen LogP) is 7.87. The first-order chi connectivity index (χ1) is 13.2. The molecule has 0 saturated carbocycles. The quantitative estimate of drug-likeness (QED) is 0.336. The Balaban J connectivity index is 2.60. The largest absolute Gasteiger partial charge is 0.417 e. The predicted molar refractivity (Wildman–Crippen MR) is 95.8 cm³/mol. The summed E-state index contributed by atoms with van der Waals surface area (Å²) in [5, 5.41) is -0.249. The van der Waals surface area contributed by atoms with Crippen molar-refractivity contribution in [2.75, 3.05) is 0 Å². The number of alkyl halides is 6. The Morgan fingerprint density at radius 2 is 1.52 bits per heavy atom. The number of hydrogen-bond acceptors (Lipinski definition) is 1. The van der Waals surface area contributed by atoms with Crippen LogP contribution in [0.3, 0.4) is 0 Å². The van der Waals surface area contributed by atoms with Gasteiger partial charge >= 0.3 is 12.4 Å². The van der Waals surface area contributed by atoms with Crippen molar-refractivity contribution in [3.8, 4) is 0 Å². The van der Waals surface area contributed by atoms with E-state index in [1.165, 1.54) is 6.07 Å². The van der Waals surface area contributed by atoms with Gasteiger partial charge in [-0.15, -0.1) is 0 Å². The molecular weight excluding hydrogens is 448 g/mol. The van der Waals surface area contributed by atoms with Gasteiger partial charge < -0.3 is 0 Å². The fourth-order valence-corrected chi connectivity index (χ4v) is 3.15. The van der Waals surface area contributed by atoms with Gasteiger partial charge in [0.2, 0.25) is 0 Å². The van der Waals surface area contributed by atoms with Crippen LogP contribution in [0, 0.1) is 0 Å². The topological polar surface area (TPSA) is 17.1 Å². The van der Waals surface area contributed by atoms with Gasteiger partial charge in [-0.2, -0.15) is 26.3 Å². The number of ketones is 1. The Kier molecular flexibility index (Phi) is 6.69. The molecule has 0 heterocycles. The SMILES string of the molecule is CC(=O)c1ccc(/C(F)=C/C(c2cc(Cl)cc(Cl)c2)C(F)(F)F)cc1C(F)(F)F. The summed E-state index contributed by atoms with van der Waals surface area (Å²) in [5.74, 6) is -4.99. The number of rotatable bonds is 4. The standard InChI is InChI=1S/C19H11Cl2F7O/c1-9(29)14-3-2-10(6-16(14)19(26,27)28)17(22)8-15(18(23,24)25)11-4-12(20)7-13(21)5-11/h2-8,15H,1H3/b17-8-. The van der Waals surface area contributed by atoms with Crippen LogP contribution >= 0.6 is 23.2 Å². The lowest BCUT2D eigenvalue weighted by Gasteiger charge is -2.19. The third-order valence-electron chi connectivity index (χ3n) is 3.89. The van der Waals surface area contributed by atoms with E-state index in [1.54, 1.807) is 0 Å². The zero-order valence-electron chi connectivity index (χ0n) is 14.4. The maximum Gasteiger partial charge on any atom is 0.417 e. The van der Waals surface area contributed by atoms with E-state index in [1.807, 2.05) is 0 Å². The van der Waals surface area contributed by atoms with E-state index < -0.39 is 52.1 Å². The van der Waals surface area contributed by atoms with Crippen molar-refractivity contribution in [1.82, 2.24) is 0 Å². The van der Waals surface area contributed by atoms with Crippen molar-refractivity contribution in [3.05, 3.63) is 74.8 Å². The van der Waals surface area contributed by atoms with Gasteiger partial charge in [0.05, 0.1) is 5.56 Å². The fraction of sp³-hybridized carbons (Fsp3) is 0.211. The summed E-state index contributed by atoms with van der Waals surface area (Å²) in [7, 11) is 0. The summed E-state index contributed by atoms with van der Waals surface area (Å²) >= 11 is 11.4. The highest BCUT2D eigenvalue weighted by Gasteiger charge is 2.40. The molecule has 0 aliphatic heterocycles. The van der Waals surface area contributed by atoms with Gasteiger partial charge in [0, 0.05) is 21.2 Å². The molecule has 0 spiro atoms. The first-order valence-corrected chi connectivity index (χ1v) is 8.58. The fourth-order valence-electron chi connectivity index (χ4n) is 2.61. The van der Waals surface area contributed by atoms with Crippen molar-refractivity contribution < 1.29 is 35.5 Å². The summed E-state index contributed by atoms with van der Waals surface area (Å²) in [4.78, 5) is 11.4. The summed E-state index contributed by atoms with van der Waals surface area (Å²) < 4.78 is 94.4. The second kappa shape index (κ2) is 8.36. The molecule has 1 nitrogen and oxygen atoms in total. The van der Waals surface area contributed by atoms with Crippen LogP contribution in [0.5, 0.6) is 0 Å². The van der Waals surface area contributed by atoms with Crippen LogP contribution in [0.2, 0.25) is 10.0 Å². The molecule has 0 bridgehead atoms. The molecule has 0 aliphatic carbocycles. The van der Waals surface area contributed by atoms with Crippen LogP contribution in [0.15, 0.2) is 42.5 Å². The molecule has 0 N–H and O–H groups in total. The lowest BCUT2D eigenvalue weighted by Crippen LogP contribution is -2.19. The van der Waals surface area contributed by atoms with Gasteiger partial charge in [0.25, 0.3) is 0 Å². The first-order valence-electron chi connectivity index (χ1n) is 7.82. The maximum absolute atomic E-state index is 14.5. The normalized spacial score (nSPS) is 14.1. The van der Waals surface area contributed by atoms with E-state index in [0.29, 0.717) is 12.1 Å². The molecular formula is C19H11Cl2F7O. The molecule has 2 rings (SSSR count). The minimum atomic E-state index is -5.00. The van der Waals surface area contributed by atoms with Crippen LogP contribution < -0.4 is 0 Å². The lowest BCUT2D eigenvalue weighted by atomic mass is 9.95. The molecule has 0 amide bonds. The van der Waals surface area contributed by atoms with Crippen molar-refractivity contribution in [2.45, 2.75) is 25.2 Å². The van der Waals surface area contributed by atoms with E-state index in [-0.39, 0.29) is 16.1 Å². The molecule has 0 aliphatic rings. The van der Waals surface area contributed by atoms with Crippen LogP contribution in [0.4, 0.5) is 30.7 Å². The Morgan fingerprint density at radius 1 is 0.966 bits per heavy atom. The van der Waals surface area contributed by atoms with Gasteiger partial charge in [-0.1, -0.05) is 35.3 Å². The Morgan fingerprint density at radius 3 is 1.97 bits per heavy atom. The molecule has 2 aromatic carbocycles. The van der Waals surface area contributed by atoms with Gasteiger partial charge in [0.1, 0.15) is 11.7 Å². The second-order valence-electron chi connectivity index (χ2n) is 6.05. The Bertz CT molecular complexity index is 942. The second-order valence-corrected chi connectivity index (χ2v) is 6.92.